The number of carbonyl (C=O) groups excluding carboxylic acids is 1. The van der Waals surface area contributed by atoms with Gasteiger partial charge in [0.05, 0.1) is 11.8 Å². The molecule has 0 heterocycles. The van der Waals surface area contributed by atoms with Crippen LogP contribution in [0.2, 0.25) is 0 Å². The highest BCUT2D eigenvalue weighted by Crippen LogP contribution is 2.32. The second-order valence-electron chi connectivity index (χ2n) is 4.48. The van der Waals surface area contributed by atoms with Crippen LogP contribution in [0.5, 0.6) is 0 Å². The molecule has 1 aromatic carbocycles. The van der Waals surface area contributed by atoms with E-state index in [9.17, 15) is 9.59 Å². The summed E-state index contributed by atoms with van der Waals surface area (Å²) >= 11 is 3.32. The van der Waals surface area contributed by atoms with E-state index in [0.29, 0.717) is 18.5 Å². The first-order chi connectivity index (χ1) is 8.58. The lowest BCUT2D eigenvalue weighted by Crippen LogP contribution is -2.29. The molecule has 2 unspecified atom stereocenters. The number of rotatable bonds is 3. The second kappa shape index (κ2) is 5.52. The van der Waals surface area contributed by atoms with Crippen LogP contribution in [0.15, 0.2) is 28.7 Å². The van der Waals surface area contributed by atoms with Gasteiger partial charge in [-0.3, -0.25) is 9.59 Å². The van der Waals surface area contributed by atoms with E-state index in [1.165, 1.54) is 0 Å². The predicted octanol–water partition coefficient (Wildman–Crippen LogP) is 2.89. The van der Waals surface area contributed by atoms with E-state index in [4.69, 9.17) is 5.11 Å². The van der Waals surface area contributed by atoms with Crippen LogP contribution in [-0.2, 0) is 9.59 Å². The van der Waals surface area contributed by atoms with Crippen LogP contribution in [0.3, 0.4) is 0 Å². The minimum Gasteiger partial charge on any atom is -0.481 e. The third-order valence-corrected chi connectivity index (χ3v) is 3.81. The number of benzene rings is 1. The molecule has 0 aliphatic heterocycles. The molecule has 0 bridgehead atoms. The predicted molar refractivity (Wildman–Crippen MR) is 71.2 cm³/mol. The second-order valence-corrected chi connectivity index (χ2v) is 5.39. The highest BCUT2D eigenvalue weighted by atomic mass is 79.9. The third kappa shape index (κ3) is 2.90. The van der Waals surface area contributed by atoms with E-state index < -0.39 is 17.8 Å². The summed E-state index contributed by atoms with van der Waals surface area (Å²) in [7, 11) is 0. The van der Waals surface area contributed by atoms with Crippen LogP contribution < -0.4 is 5.32 Å². The van der Waals surface area contributed by atoms with Crippen LogP contribution in [0, 0.1) is 11.8 Å². The molecule has 1 aliphatic carbocycles. The van der Waals surface area contributed by atoms with Crippen LogP contribution in [-0.4, -0.2) is 17.0 Å². The van der Waals surface area contributed by atoms with Gasteiger partial charge in [0.15, 0.2) is 0 Å². The van der Waals surface area contributed by atoms with E-state index in [1.54, 1.807) is 12.1 Å². The van der Waals surface area contributed by atoms with Gasteiger partial charge < -0.3 is 10.4 Å². The van der Waals surface area contributed by atoms with Crippen LogP contribution >= 0.6 is 15.9 Å². The number of nitrogens with one attached hydrogen (secondary N) is 1. The molecule has 2 atom stereocenters. The highest BCUT2D eigenvalue weighted by molar-refractivity contribution is 9.10. The Hall–Kier alpha value is -1.36. The lowest BCUT2D eigenvalue weighted by atomic mass is 9.95. The molecule has 96 valence electrons. The number of halogens is 1. The number of hydrogen-bond acceptors (Lipinski definition) is 2. The average Bonchev–Trinajstić information content (AvgIpc) is 2.81. The van der Waals surface area contributed by atoms with Gasteiger partial charge in [-0.2, -0.15) is 0 Å². The van der Waals surface area contributed by atoms with Gasteiger partial charge in [-0.15, -0.1) is 0 Å². The number of carboxylic acid groups (broad SMARTS) is 1. The summed E-state index contributed by atoms with van der Waals surface area (Å²) in [5.41, 5.74) is 0.694. The van der Waals surface area contributed by atoms with Gasteiger partial charge in [0, 0.05) is 10.2 Å². The fourth-order valence-electron chi connectivity index (χ4n) is 2.34. The zero-order valence-corrected chi connectivity index (χ0v) is 11.3. The first kappa shape index (κ1) is 13.1. The maximum Gasteiger partial charge on any atom is 0.307 e. The van der Waals surface area contributed by atoms with Crippen molar-refractivity contribution < 1.29 is 14.7 Å². The van der Waals surface area contributed by atoms with Crippen LogP contribution in [0.4, 0.5) is 5.69 Å². The van der Waals surface area contributed by atoms with Gasteiger partial charge >= 0.3 is 5.97 Å². The Morgan fingerprint density at radius 1 is 1.17 bits per heavy atom. The molecular formula is C13H14BrNO3. The van der Waals surface area contributed by atoms with E-state index in [-0.39, 0.29) is 5.91 Å². The fourth-order valence-corrected chi connectivity index (χ4v) is 2.60. The normalized spacial score (nSPS) is 22.7. The summed E-state index contributed by atoms with van der Waals surface area (Å²) in [6.45, 7) is 0. The van der Waals surface area contributed by atoms with Crippen LogP contribution in [0.25, 0.3) is 0 Å². The highest BCUT2D eigenvalue weighted by Gasteiger charge is 2.37. The molecule has 1 fully saturated rings. The molecule has 4 nitrogen and oxygen atoms in total. The molecule has 0 radical (unpaired) electrons. The molecule has 18 heavy (non-hydrogen) atoms. The summed E-state index contributed by atoms with van der Waals surface area (Å²) in [6.07, 6.45) is 2.04. The summed E-state index contributed by atoms with van der Waals surface area (Å²) < 4.78 is 0.935. The Morgan fingerprint density at radius 3 is 2.39 bits per heavy atom. The molecule has 1 aliphatic rings. The Balaban J connectivity index is 2.03. The maximum atomic E-state index is 12.0. The minimum atomic E-state index is -0.872. The third-order valence-electron chi connectivity index (χ3n) is 3.28. The molecule has 0 saturated heterocycles. The quantitative estimate of drug-likeness (QED) is 0.902. The monoisotopic (exact) mass is 311 g/mol. The first-order valence-electron chi connectivity index (χ1n) is 5.87. The smallest absolute Gasteiger partial charge is 0.307 e. The molecule has 0 spiro atoms. The van der Waals surface area contributed by atoms with Gasteiger partial charge in [-0.1, -0.05) is 22.4 Å². The van der Waals surface area contributed by atoms with Gasteiger partial charge in [0.2, 0.25) is 5.91 Å². The molecule has 2 N–H and O–H groups in total. The molecule has 2 rings (SSSR count). The number of carboxylic acids is 1. The Labute approximate surface area is 114 Å². The standard InChI is InChI=1S/C13H14BrNO3/c14-8-4-6-9(7-5-8)15-12(16)10-2-1-3-11(10)13(17)18/h4-7,10-11H,1-3H2,(H,15,16)(H,17,18). The summed E-state index contributed by atoms with van der Waals surface area (Å²) in [5, 5.41) is 11.8. The Morgan fingerprint density at radius 2 is 1.78 bits per heavy atom. The summed E-state index contributed by atoms with van der Waals surface area (Å²) in [6, 6.07) is 7.23. The molecule has 1 aromatic rings. The summed E-state index contributed by atoms with van der Waals surface area (Å²) in [5.74, 6) is -2.02. The van der Waals surface area contributed by atoms with Crippen molar-refractivity contribution >= 4 is 33.5 Å². The summed E-state index contributed by atoms with van der Waals surface area (Å²) in [4.78, 5) is 23.1. The van der Waals surface area contributed by atoms with Crippen molar-refractivity contribution in [3.05, 3.63) is 28.7 Å². The van der Waals surface area contributed by atoms with E-state index in [1.807, 2.05) is 12.1 Å². The number of hydrogen-bond donors (Lipinski definition) is 2. The number of carbonyl (C=O) groups is 2. The van der Waals surface area contributed by atoms with Gasteiger partial charge in [0.25, 0.3) is 0 Å². The van der Waals surface area contributed by atoms with Crippen molar-refractivity contribution in [3.8, 4) is 0 Å². The van der Waals surface area contributed by atoms with E-state index >= 15 is 0 Å². The molecule has 1 amide bonds. The Kier molecular flexibility index (Phi) is 4.01. The lowest BCUT2D eigenvalue weighted by molar-refractivity contribution is -0.145. The number of amides is 1. The number of aliphatic carboxylic acids is 1. The number of anilines is 1. The minimum absolute atomic E-state index is 0.192. The zero-order chi connectivity index (χ0) is 13.1. The van der Waals surface area contributed by atoms with Crippen molar-refractivity contribution in [3.63, 3.8) is 0 Å². The molecule has 0 aromatic heterocycles. The first-order valence-corrected chi connectivity index (χ1v) is 6.66. The lowest BCUT2D eigenvalue weighted by Gasteiger charge is -2.15. The molecule has 1 saturated carbocycles. The van der Waals surface area contributed by atoms with Gasteiger partial charge in [-0.05, 0) is 37.1 Å². The molecule has 5 heteroatoms. The maximum absolute atomic E-state index is 12.0. The van der Waals surface area contributed by atoms with Crippen molar-refractivity contribution in [1.82, 2.24) is 0 Å². The van der Waals surface area contributed by atoms with E-state index in [2.05, 4.69) is 21.2 Å². The fraction of sp³-hybridized carbons (Fsp3) is 0.385. The SMILES string of the molecule is O=C(O)C1CCCC1C(=O)Nc1ccc(Br)cc1. The van der Waals surface area contributed by atoms with E-state index in [0.717, 1.165) is 10.9 Å². The van der Waals surface area contributed by atoms with Crippen molar-refractivity contribution in [1.29, 1.82) is 0 Å². The van der Waals surface area contributed by atoms with Gasteiger partial charge in [0.1, 0.15) is 0 Å². The van der Waals surface area contributed by atoms with Crippen LogP contribution in [0.1, 0.15) is 19.3 Å². The largest absolute Gasteiger partial charge is 0.481 e. The average molecular weight is 312 g/mol. The zero-order valence-electron chi connectivity index (χ0n) is 9.73. The van der Waals surface area contributed by atoms with Gasteiger partial charge in [-0.25, -0.2) is 0 Å². The van der Waals surface area contributed by atoms with Crippen molar-refractivity contribution in [2.45, 2.75) is 19.3 Å². The topological polar surface area (TPSA) is 66.4 Å². The Bertz CT molecular complexity index is 458. The molecular weight excluding hydrogens is 298 g/mol. The van der Waals surface area contributed by atoms with Crippen molar-refractivity contribution in [2.24, 2.45) is 11.8 Å². The van der Waals surface area contributed by atoms with Crippen molar-refractivity contribution in [2.75, 3.05) is 5.32 Å².